The normalized spacial score (nSPS) is 13.8. The lowest BCUT2D eigenvalue weighted by Crippen LogP contribution is -2.28. The van der Waals surface area contributed by atoms with Crippen LogP contribution >= 0.6 is 0 Å². The highest BCUT2D eigenvalue weighted by molar-refractivity contribution is 5.86. The van der Waals surface area contributed by atoms with Crippen molar-refractivity contribution < 1.29 is 0 Å². The van der Waals surface area contributed by atoms with Crippen molar-refractivity contribution in [2.75, 3.05) is 0 Å². The Bertz CT molecular complexity index is 1150. The number of benzene rings is 4. The van der Waals surface area contributed by atoms with Gasteiger partial charge in [-0.1, -0.05) is 96.6 Å². The fraction of sp³-hybridized carbons (Fsp3) is 0.143. The zero-order chi connectivity index (χ0) is 19.3. The van der Waals surface area contributed by atoms with Crippen molar-refractivity contribution >= 4 is 0 Å². The van der Waals surface area contributed by atoms with E-state index in [1.165, 1.54) is 50.1 Å². The minimum atomic E-state index is -0.280. The Hall–Kier alpha value is -3.12. The minimum absolute atomic E-state index is 0.280. The second-order valence-corrected chi connectivity index (χ2v) is 8.01. The van der Waals surface area contributed by atoms with Crippen LogP contribution in [0.25, 0.3) is 11.1 Å². The average Bonchev–Trinajstić information content (AvgIpc) is 3.02. The molecule has 0 saturated carbocycles. The molecule has 0 heterocycles. The molecule has 0 atom stereocenters. The van der Waals surface area contributed by atoms with Crippen LogP contribution in [0.5, 0.6) is 0 Å². The second kappa shape index (κ2) is 6.21. The van der Waals surface area contributed by atoms with Gasteiger partial charge in [0.15, 0.2) is 0 Å². The third kappa shape index (κ3) is 2.24. The summed E-state index contributed by atoms with van der Waals surface area (Å²) in [6.07, 6.45) is 0. The molecule has 0 unspecified atom stereocenters. The highest BCUT2D eigenvalue weighted by Gasteiger charge is 2.45. The zero-order valence-corrected chi connectivity index (χ0v) is 16.7. The fourth-order valence-corrected chi connectivity index (χ4v) is 4.88. The van der Waals surface area contributed by atoms with Crippen molar-refractivity contribution in [3.05, 3.63) is 130 Å². The van der Waals surface area contributed by atoms with E-state index >= 15 is 0 Å². The summed E-state index contributed by atoms with van der Waals surface area (Å²) in [7, 11) is 0. The fourth-order valence-electron chi connectivity index (χ4n) is 4.88. The third-order valence-corrected chi connectivity index (χ3v) is 6.34. The van der Waals surface area contributed by atoms with Gasteiger partial charge in [-0.2, -0.15) is 0 Å². The zero-order valence-electron chi connectivity index (χ0n) is 16.7. The lowest BCUT2D eigenvalue weighted by atomic mass is 9.67. The largest absolute Gasteiger partial charge is 0.0713 e. The quantitative estimate of drug-likeness (QED) is 0.319. The van der Waals surface area contributed by atoms with Gasteiger partial charge in [0.25, 0.3) is 0 Å². The van der Waals surface area contributed by atoms with Crippen molar-refractivity contribution in [2.24, 2.45) is 0 Å². The predicted octanol–water partition coefficient (Wildman–Crippen LogP) is 6.97. The van der Waals surface area contributed by atoms with E-state index < -0.39 is 0 Å². The van der Waals surface area contributed by atoms with Crippen molar-refractivity contribution in [2.45, 2.75) is 26.2 Å². The van der Waals surface area contributed by atoms with Gasteiger partial charge in [0.05, 0.1) is 5.41 Å². The van der Waals surface area contributed by atoms with E-state index in [0.717, 1.165) is 0 Å². The number of rotatable bonds is 2. The first-order valence-corrected chi connectivity index (χ1v) is 9.96. The molecule has 0 amide bonds. The Morgan fingerprint density at radius 2 is 1.11 bits per heavy atom. The Balaban J connectivity index is 1.97. The van der Waals surface area contributed by atoms with Crippen molar-refractivity contribution in [1.82, 2.24) is 0 Å². The highest BCUT2D eigenvalue weighted by atomic mass is 14.5. The molecular formula is C28H24. The van der Waals surface area contributed by atoms with Crippen LogP contribution in [-0.4, -0.2) is 0 Å². The summed E-state index contributed by atoms with van der Waals surface area (Å²) in [6, 6.07) is 33.8. The molecule has 0 nitrogen and oxygen atoms in total. The summed E-state index contributed by atoms with van der Waals surface area (Å²) in [5, 5.41) is 0. The Morgan fingerprint density at radius 3 is 1.71 bits per heavy atom. The van der Waals surface area contributed by atoms with Gasteiger partial charge in [-0.25, -0.2) is 0 Å². The van der Waals surface area contributed by atoms with Crippen LogP contribution in [0.4, 0.5) is 0 Å². The number of hydrogen-bond acceptors (Lipinski definition) is 0. The Labute approximate surface area is 167 Å². The molecule has 136 valence electrons. The lowest BCUT2D eigenvalue weighted by Gasteiger charge is -2.34. The van der Waals surface area contributed by atoms with Gasteiger partial charge in [0, 0.05) is 0 Å². The summed E-state index contributed by atoms with van der Waals surface area (Å²) < 4.78 is 0. The molecule has 0 aliphatic heterocycles. The monoisotopic (exact) mass is 360 g/mol. The van der Waals surface area contributed by atoms with Crippen LogP contribution in [0.3, 0.4) is 0 Å². The maximum atomic E-state index is 2.39. The summed E-state index contributed by atoms with van der Waals surface area (Å²) in [6.45, 7) is 6.59. The predicted molar refractivity (Wildman–Crippen MR) is 118 cm³/mol. The summed E-state index contributed by atoms with van der Waals surface area (Å²) in [5.41, 5.74) is 11.8. The summed E-state index contributed by atoms with van der Waals surface area (Å²) >= 11 is 0. The molecule has 28 heavy (non-hydrogen) atoms. The first kappa shape index (κ1) is 17.0. The molecule has 0 bridgehead atoms. The molecule has 0 spiro atoms. The van der Waals surface area contributed by atoms with Crippen LogP contribution < -0.4 is 0 Å². The molecule has 0 fully saturated rings. The third-order valence-electron chi connectivity index (χ3n) is 6.34. The van der Waals surface area contributed by atoms with E-state index in [1.54, 1.807) is 0 Å². The van der Waals surface area contributed by atoms with Crippen LogP contribution in [-0.2, 0) is 5.41 Å². The molecular weight excluding hydrogens is 336 g/mol. The van der Waals surface area contributed by atoms with Crippen LogP contribution in [0, 0.1) is 20.8 Å². The first-order chi connectivity index (χ1) is 13.6. The molecule has 0 N–H and O–H groups in total. The first-order valence-electron chi connectivity index (χ1n) is 9.96. The van der Waals surface area contributed by atoms with E-state index in [-0.39, 0.29) is 5.41 Å². The van der Waals surface area contributed by atoms with Gasteiger partial charge in [0.2, 0.25) is 0 Å². The van der Waals surface area contributed by atoms with Gasteiger partial charge in [-0.3, -0.25) is 0 Å². The number of fused-ring (bicyclic) bond motifs is 3. The number of aryl methyl sites for hydroxylation is 3. The number of hydrogen-bond donors (Lipinski definition) is 0. The summed E-state index contributed by atoms with van der Waals surface area (Å²) in [4.78, 5) is 0. The average molecular weight is 361 g/mol. The molecule has 4 aromatic carbocycles. The topological polar surface area (TPSA) is 0 Å². The van der Waals surface area contributed by atoms with E-state index in [2.05, 4.69) is 112 Å². The molecule has 4 aromatic rings. The van der Waals surface area contributed by atoms with Crippen LogP contribution in [0.2, 0.25) is 0 Å². The maximum absolute atomic E-state index is 2.39. The van der Waals surface area contributed by atoms with E-state index in [9.17, 15) is 0 Å². The van der Waals surface area contributed by atoms with Gasteiger partial charge < -0.3 is 0 Å². The molecule has 1 aliphatic rings. The van der Waals surface area contributed by atoms with Crippen molar-refractivity contribution in [3.63, 3.8) is 0 Å². The van der Waals surface area contributed by atoms with E-state index in [0.29, 0.717) is 0 Å². The lowest BCUT2D eigenvalue weighted by molar-refractivity contribution is 0.765. The smallest absolute Gasteiger partial charge is 0.0619 e. The van der Waals surface area contributed by atoms with Crippen molar-refractivity contribution in [1.29, 1.82) is 0 Å². The standard InChI is InChI=1S/C28H24/c1-19-9-8-10-22(17-19)28(23-16-15-20(2)21(3)18-23)26-13-6-4-11-24(26)25-12-5-7-14-27(25)28/h4-18H,1-3H3. The van der Waals surface area contributed by atoms with Crippen LogP contribution in [0.1, 0.15) is 38.9 Å². The van der Waals surface area contributed by atoms with Crippen LogP contribution in [0.15, 0.2) is 91.0 Å². The van der Waals surface area contributed by atoms with Gasteiger partial charge in [-0.15, -0.1) is 0 Å². The molecule has 1 aliphatic carbocycles. The molecule has 5 rings (SSSR count). The highest BCUT2D eigenvalue weighted by Crippen LogP contribution is 2.56. The van der Waals surface area contributed by atoms with Gasteiger partial charge >= 0.3 is 0 Å². The van der Waals surface area contributed by atoms with E-state index in [1.807, 2.05) is 0 Å². The Kier molecular flexibility index (Phi) is 3.77. The second-order valence-electron chi connectivity index (χ2n) is 8.01. The molecule has 0 saturated heterocycles. The van der Waals surface area contributed by atoms with Gasteiger partial charge in [-0.05, 0) is 65.3 Å². The molecule has 0 radical (unpaired) electrons. The van der Waals surface area contributed by atoms with E-state index in [4.69, 9.17) is 0 Å². The minimum Gasteiger partial charge on any atom is -0.0619 e. The maximum Gasteiger partial charge on any atom is 0.0713 e. The Morgan fingerprint density at radius 1 is 0.500 bits per heavy atom. The molecule has 0 aromatic heterocycles. The molecule has 0 heteroatoms. The SMILES string of the molecule is Cc1cccc(C2(c3ccc(C)c(C)c3)c3ccccc3-c3ccccc32)c1. The van der Waals surface area contributed by atoms with Gasteiger partial charge in [0.1, 0.15) is 0 Å². The summed E-state index contributed by atoms with van der Waals surface area (Å²) in [5.74, 6) is 0. The van der Waals surface area contributed by atoms with Crippen molar-refractivity contribution in [3.8, 4) is 11.1 Å².